The topological polar surface area (TPSA) is 167 Å². The summed E-state index contributed by atoms with van der Waals surface area (Å²) >= 11 is 0. The number of nitrogen functional groups attached to an aromatic ring is 1. The van der Waals surface area contributed by atoms with Crippen molar-refractivity contribution < 1.29 is 9.59 Å². The van der Waals surface area contributed by atoms with E-state index in [1.807, 2.05) is 37.3 Å². The molecule has 0 aliphatic heterocycles. The summed E-state index contributed by atoms with van der Waals surface area (Å²) in [6.45, 7) is 1.98. The van der Waals surface area contributed by atoms with Gasteiger partial charge in [-0.2, -0.15) is 10.4 Å². The molecule has 11 heteroatoms. The van der Waals surface area contributed by atoms with Gasteiger partial charge < -0.3 is 16.0 Å². The van der Waals surface area contributed by atoms with E-state index < -0.39 is 11.3 Å². The number of nitrogens with two attached hydrogens (primary N) is 1. The minimum absolute atomic E-state index is 0.0259. The van der Waals surface area contributed by atoms with E-state index in [9.17, 15) is 14.9 Å². The molecule has 2 aromatic heterocycles. The molecule has 1 aromatic carbocycles. The molecule has 0 spiro atoms. The van der Waals surface area contributed by atoms with Crippen LogP contribution in [0.25, 0.3) is 11.3 Å². The lowest BCUT2D eigenvalue weighted by atomic mass is 9.76. The molecule has 2 amide bonds. The maximum atomic E-state index is 12.9. The number of aromatic nitrogens is 4. The number of nitrogens with one attached hydrogen (secondary N) is 2. The molecule has 0 unspecified atom stereocenters. The maximum absolute atomic E-state index is 12.9. The number of carbonyl (C=O) groups is 2. The average Bonchev–Trinajstić information content (AvgIpc) is 3.62. The average molecular weight is 486 g/mol. The number of nitriles is 1. The lowest BCUT2D eigenvalue weighted by Gasteiger charge is -2.31. The summed E-state index contributed by atoms with van der Waals surface area (Å²) in [5, 5.41) is 24.8. The zero-order valence-electron chi connectivity index (χ0n) is 20.3. The molecule has 3 aromatic rings. The highest BCUT2D eigenvalue weighted by Gasteiger charge is 2.46. The van der Waals surface area contributed by atoms with Crippen LogP contribution in [0.4, 0.5) is 5.82 Å². The molecule has 36 heavy (non-hydrogen) atoms. The normalized spacial score (nSPS) is 14.4. The monoisotopic (exact) mass is 485 g/mol. The molecular weight excluding hydrogens is 458 g/mol. The summed E-state index contributed by atoms with van der Waals surface area (Å²) in [5.41, 5.74) is 7.48. The Labute approximate surface area is 208 Å². The van der Waals surface area contributed by atoms with Crippen LogP contribution in [0.3, 0.4) is 0 Å². The van der Waals surface area contributed by atoms with Gasteiger partial charge >= 0.3 is 0 Å². The Balaban J connectivity index is 1.52. The van der Waals surface area contributed by atoms with Crippen molar-refractivity contribution in [3.05, 3.63) is 59.7 Å². The van der Waals surface area contributed by atoms with Crippen molar-refractivity contribution in [3.8, 4) is 17.3 Å². The number of amides is 2. The Hall–Kier alpha value is -4.59. The highest BCUT2D eigenvalue weighted by atomic mass is 16.2. The van der Waals surface area contributed by atoms with Gasteiger partial charge in [0.15, 0.2) is 11.5 Å². The second-order valence-electron chi connectivity index (χ2n) is 9.20. The van der Waals surface area contributed by atoms with Crippen molar-refractivity contribution in [2.45, 2.75) is 31.7 Å². The van der Waals surface area contributed by atoms with Crippen molar-refractivity contribution >= 4 is 23.5 Å². The van der Waals surface area contributed by atoms with Crippen molar-refractivity contribution in [1.29, 1.82) is 10.7 Å². The Morgan fingerprint density at radius 3 is 2.58 bits per heavy atom. The smallest absolute Gasteiger partial charge is 0.259 e. The summed E-state index contributed by atoms with van der Waals surface area (Å²) in [6, 6.07) is 9.47. The van der Waals surface area contributed by atoms with Crippen molar-refractivity contribution in [2.75, 3.05) is 19.8 Å². The van der Waals surface area contributed by atoms with Crippen LogP contribution in [0.15, 0.2) is 42.9 Å². The van der Waals surface area contributed by atoms with Crippen LogP contribution >= 0.6 is 0 Å². The number of nitrogens with zero attached hydrogens (tertiary/aromatic N) is 6. The predicted molar refractivity (Wildman–Crippen MR) is 133 cm³/mol. The molecule has 0 radical (unpaired) electrons. The number of rotatable bonds is 7. The second kappa shape index (κ2) is 9.58. The van der Waals surface area contributed by atoms with Gasteiger partial charge in [-0.3, -0.25) is 19.7 Å². The number of amidine groups is 1. The molecule has 0 bridgehead atoms. The molecule has 184 valence electrons. The zero-order valence-corrected chi connectivity index (χ0v) is 20.3. The number of hydrogen-bond donors (Lipinski definition) is 3. The van der Waals surface area contributed by atoms with Gasteiger partial charge in [0.25, 0.3) is 5.91 Å². The van der Waals surface area contributed by atoms with Gasteiger partial charge in [-0.1, -0.05) is 24.3 Å². The van der Waals surface area contributed by atoms with Gasteiger partial charge in [0.05, 0.1) is 29.1 Å². The molecule has 1 saturated carbocycles. The largest absolute Gasteiger partial charge is 0.381 e. The first kappa shape index (κ1) is 24.5. The molecule has 4 N–H and O–H groups in total. The van der Waals surface area contributed by atoms with Crippen molar-refractivity contribution in [3.63, 3.8) is 0 Å². The Bertz CT molecular complexity index is 1370. The quantitative estimate of drug-likeness (QED) is 0.340. The van der Waals surface area contributed by atoms with E-state index >= 15 is 0 Å². The van der Waals surface area contributed by atoms with Gasteiger partial charge in [-0.15, -0.1) is 0 Å². The highest BCUT2D eigenvalue weighted by molar-refractivity contribution is 6.08. The predicted octanol–water partition coefficient (Wildman–Crippen LogP) is 1.96. The van der Waals surface area contributed by atoms with Gasteiger partial charge in [-0.05, 0) is 31.2 Å². The van der Waals surface area contributed by atoms with Gasteiger partial charge in [0.2, 0.25) is 5.91 Å². The van der Waals surface area contributed by atoms with Gasteiger partial charge in [0.1, 0.15) is 18.4 Å². The van der Waals surface area contributed by atoms with E-state index in [-0.39, 0.29) is 41.3 Å². The number of hydrogen-bond acceptors (Lipinski definition) is 8. The second-order valence-corrected chi connectivity index (χ2v) is 9.20. The molecule has 1 aliphatic rings. The molecule has 0 saturated heterocycles. The minimum Gasteiger partial charge on any atom is -0.381 e. The summed E-state index contributed by atoms with van der Waals surface area (Å²) in [5.74, 6) is -0.195. The summed E-state index contributed by atoms with van der Waals surface area (Å²) in [6.07, 6.45) is 6.31. The standard InChI is InChI=1S/C25H27N9O2/c1-25(18-8-9-18,17-6-4-15(5-7-17)20-12-29-22(27)19(10-26)31-20)24(28)32-23(36)16-11-30-34(13-16)14-21(35)33(2)3/h4-7,11-13,18H,8-9,14H2,1-3H3,(H2,27,29)(H2,28,32,36)/t25-/m0/s1. The third kappa shape index (κ3) is 4.79. The maximum Gasteiger partial charge on any atom is 0.259 e. The molecular formula is C25H27N9O2. The van der Waals surface area contributed by atoms with E-state index in [0.29, 0.717) is 5.69 Å². The summed E-state index contributed by atoms with van der Waals surface area (Å²) < 4.78 is 1.40. The first-order chi connectivity index (χ1) is 17.1. The first-order valence-corrected chi connectivity index (χ1v) is 11.4. The van der Waals surface area contributed by atoms with Crippen LogP contribution < -0.4 is 11.1 Å². The Morgan fingerprint density at radius 2 is 1.97 bits per heavy atom. The third-order valence-electron chi connectivity index (χ3n) is 6.53. The van der Waals surface area contributed by atoms with Gasteiger partial charge in [0, 0.05) is 25.9 Å². The molecule has 1 fully saturated rings. The van der Waals surface area contributed by atoms with Crippen LogP contribution in [0, 0.1) is 22.7 Å². The van der Waals surface area contributed by atoms with E-state index in [1.54, 1.807) is 14.1 Å². The lowest BCUT2D eigenvalue weighted by Crippen LogP contribution is -2.46. The summed E-state index contributed by atoms with van der Waals surface area (Å²) in [4.78, 5) is 34.5. The third-order valence-corrected chi connectivity index (χ3v) is 6.53. The molecule has 2 heterocycles. The minimum atomic E-state index is -0.699. The van der Waals surface area contributed by atoms with Crippen LogP contribution in [-0.2, 0) is 16.8 Å². The van der Waals surface area contributed by atoms with E-state index in [0.717, 1.165) is 24.0 Å². The SMILES string of the molecule is CN(C)C(=O)Cn1cc(C(=O)NC(=N)[C@@](C)(c2ccc(-c3cnc(N)c(C#N)n3)cc2)C2CC2)cn1. The fourth-order valence-electron chi connectivity index (χ4n) is 4.01. The fourth-order valence-corrected chi connectivity index (χ4v) is 4.01. The Kier molecular flexibility index (Phi) is 6.53. The lowest BCUT2D eigenvalue weighted by molar-refractivity contribution is -0.129. The van der Waals surface area contributed by atoms with Crippen LogP contribution in [0.2, 0.25) is 0 Å². The molecule has 11 nitrogen and oxygen atoms in total. The number of benzene rings is 1. The van der Waals surface area contributed by atoms with Gasteiger partial charge in [-0.25, -0.2) is 9.97 Å². The zero-order chi connectivity index (χ0) is 26.0. The van der Waals surface area contributed by atoms with Crippen LogP contribution in [0.5, 0.6) is 0 Å². The Morgan fingerprint density at radius 1 is 1.28 bits per heavy atom. The van der Waals surface area contributed by atoms with E-state index in [4.69, 9.17) is 11.1 Å². The first-order valence-electron chi connectivity index (χ1n) is 11.4. The highest BCUT2D eigenvalue weighted by Crippen LogP contribution is 2.47. The van der Waals surface area contributed by atoms with Crippen molar-refractivity contribution in [1.82, 2.24) is 30.0 Å². The molecule has 4 rings (SSSR count). The van der Waals surface area contributed by atoms with E-state index in [2.05, 4.69) is 20.4 Å². The molecule has 1 atom stereocenters. The number of carbonyl (C=O) groups excluding carboxylic acids is 2. The van der Waals surface area contributed by atoms with Crippen LogP contribution in [0.1, 0.15) is 41.4 Å². The van der Waals surface area contributed by atoms with Crippen molar-refractivity contribution in [2.24, 2.45) is 5.92 Å². The van der Waals surface area contributed by atoms with Crippen LogP contribution in [-0.4, -0.2) is 56.4 Å². The fraction of sp³-hybridized carbons (Fsp3) is 0.320. The number of likely N-dealkylation sites (N-methyl/N-ethyl adjacent to an activating group) is 1. The number of anilines is 1. The molecule has 1 aliphatic carbocycles. The summed E-state index contributed by atoms with van der Waals surface area (Å²) in [7, 11) is 3.30. The van der Waals surface area contributed by atoms with E-state index in [1.165, 1.54) is 28.2 Å².